The summed E-state index contributed by atoms with van der Waals surface area (Å²) in [7, 11) is -5.60. The van der Waals surface area contributed by atoms with Gasteiger partial charge >= 0.3 is 17.1 Å². The molecule has 4 atom stereocenters. The van der Waals surface area contributed by atoms with Gasteiger partial charge in [-0.25, -0.2) is 9.97 Å². The van der Waals surface area contributed by atoms with Crippen molar-refractivity contribution in [3.05, 3.63) is 18.6 Å². The van der Waals surface area contributed by atoms with Gasteiger partial charge in [0.2, 0.25) is 0 Å². The van der Waals surface area contributed by atoms with Crippen molar-refractivity contribution in [1.82, 2.24) is 14.5 Å². The van der Waals surface area contributed by atoms with Gasteiger partial charge in [-0.2, -0.15) is 0 Å². The summed E-state index contributed by atoms with van der Waals surface area (Å²) in [5, 5.41) is 12.0. The van der Waals surface area contributed by atoms with Gasteiger partial charge in [0.05, 0.1) is 13.4 Å². The van der Waals surface area contributed by atoms with E-state index in [2.05, 4.69) is 65.4 Å². The van der Waals surface area contributed by atoms with E-state index >= 15 is 0 Å². The maximum Gasteiger partial charge on any atom is 0.335 e. The Morgan fingerprint density at radius 3 is 2.26 bits per heavy atom. The molecule has 2 aromatic rings. The SMILES string of the molecule is [3H]c1cn([C@@H]2O[C@@H]3CO[Si](C(C)C)(C(C)C)O[Si](C(C)C)(C(C)C)OC3C2O)c2ncnc(N)c12. The topological polar surface area (TPSA) is 114 Å². The fraction of sp³-hybridized carbons (Fsp3) is 0.739. The van der Waals surface area contributed by atoms with Crippen LogP contribution in [0.15, 0.2) is 18.6 Å². The lowest BCUT2D eigenvalue weighted by Gasteiger charge is -2.51. The van der Waals surface area contributed by atoms with E-state index in [1.165, 1.54) is 6.33 Å². The maximum absolute atomic E-state index is 11.6. The average molecular weight is 511 g/mol. The van der Waals surface area contributed by atoms with E-state index in [9.17, 15) is 5.11 Å². The van der Waals surface area contributed by atoms with Crippen molar-refractivity contribution in [2.24, 2.45) is 0 Å². The number of ether oxygens (including phenoxy) is 1. The molecule has 4 heterocycles. The minimum atomic E-state index is -2.89. The number of aromatic nitrogens is 3. The second kappa shape index (κ2) is 9.27. The molecule has 0 spiro atoms. The van der Waals surface area contributed by atoms with E-state index in [0.717, 1.165) is 0 Å². The second-order valence-electron chi connectivity index (χ2n) is 10.8. The zero-order valence-electron chi connectivity index (χ0n) is 22.5. The van der Waals surface area contributed by atoms with E-state index in [0.29, 0.717) is 11.0 Å². The molecule has 3 N–H and O–H groups in total. The number of nitrogens with two attached hydrogens (primary N) is 1. The lowest BCUT2D eigenvalue weighted by atomic mass is 10.1. The van der Waals surface area contributed by atoms with Crippen LogP contribution in [0.1, 0.15) is 63.0 Å². The van der Waals surface area contributed by atoms with Crippen LogP contribution in [0.3, 0.4) is 0 Å². The van der Waals surface area contributed by atoms with Gasteiger partial charge in [-0.05, 0) is 28.2 Å². The largest absolute Gasteiger partial charge is 0.414 e. The molecule has 0 radical (unpaired) electrons. The zero-order valence-corrected chi connectivity index (χ0v) is 23.5. The number of hydrogen-bond acceptors (Lipinski definition) is 8. The highest BCUT2D eigenvalue weighted by atomic mass is 28.5. The minimum Gasteiger partial charge on any atom is -0.414 e. The molecule has 2 saturated heterocycles. The van der Waals surface area contributed by atoms with Crippen LogP contribution in [0.5, 0.6) is 0 Å². The molecular weight excluding hydrogens is 468 g/mol. The normalized spacial score (nSPS) is 29.6. The van der Waals surface area contributed by atoms with E-state index in [4.69, 9.17) is 24.8 Å². The molecule has 11 heteroatoms. The summed E-state index contributed by atoms with van der Waals surface area (Å²) in [5.41, 5.74) is 7.17. The van der Waals surface area contributed by atoms with Crippen LogP contribution in [-0.2, 0) is 17.7 Å². The van der Waals surface area contributed by atoms with Gasteiger partial charge < -0.3 is 33.1 Å². The fourth-order valence-corrected chi connectivity index (χ4v) is 16.7. The van der Waals surface area contributed by atoms with Crippen LogP contribution in [0.25, 0.3) is 11.0 Å². The third-order valence-electron chi connectivity index (χ3n) is 7.36. The first-order chi connectivity index (χ1) is 16.4. The Labute approximate surface area is 205 Å². The second-order valence-corrected chi connectivity index (χ2v) is 19.6. The summed E-state index contributed by atoms with van der Waals surface area (Å²) in [5.74, 6) is 0.223. The number of fused-ring (bicyclic) bond motifs is 2. The van der Waals surface area contributed by atoms with Crippen molar-refractivity contribution in [3.8, 4) is 0 Å². The Morgan fingerprint density at radius 2 is 1.68 bits per heavy atom. The van der Waals surface area contributed by atoms with Crippen molar-refractivity contribution >= 4 is 34.0 Å². The van der Waals surface area contributed by atoms with Gasteiger partial charge in [0.25, 0.3) is 0 Å². The molecule has 0 aromatic carbocycles. The predicted molar refractivity (Wildman–Crippen MR) is 136 cm³/mol. The molecule has 2 unspecified atom stereocenters. The Morgan fingerprint density at radius 1 is 1.06 bits per heavy atom. The van der Waals surface area contributed by atoms with E-state index in [1.807, 2.05) is 0 Å². The highest BCUT2D eigenvalue weighted by Crippen LogP contribution is 2.48. The van der Waals surface area contributed by atoms with E-state index in [1.54, 1.807) is 10.8 Å². The summed E-state index contributed by atoms with van der Waals surface area (Å²) < 4.78 is 37.4. The molecule has 9 nitrogen and oxygen atoms in total. The summed E-state index contributed by atoms with van der Waals surface area (Å²) in [6, 6.07) is 0.179. The highest BCUT2D eigenvalue weighted by Gasteiger charge is 2.61. The van der Waals surface area contributed by atoms with Crippen LogP contribution >= 0.6 is 0 Å². The molecular formula is C23H40N4O5Si2. The van der Waals surface area contributed by atoms with Crippen molar-refractivity contribution in [2.75, 3.05) is 12.3 Å². The summed E-state index contributed by atoms with van der Waals surface area (Å²) in [6.07, 6.45) is 0.00761. The van der Waals surface area contributed by atoms with Crippen molar-refractivity contribution in [2.45, 2.75) is 102 Å². The zero-order chi connectivity index (χ0) is 25.9. The quantitative estimate of drug-likeness (QED) is 0.575. The standard InChI is InChI=1S/C23H40N4O5Si2/c1-13(2)33(14(3)4)29-11-18-20(31-34(32-33,15(5)6)16(7)8)19(28)23(30-18)27-10-9-17-21(24)25-12-26-22(17)27/h9-10,12-16,18-20,23,28H,11H2,1-8H3,(H2,24,25,26)/t18-,19?,20?,23-/m1/s1/i9T. The first kappa shape index (κ1) is 24.4. The molecule has 0 amide bonds. The Kier molecular flexibility index (Phi) is 6.64. The molecule has 2 aliphatic rings. The Hall–Kier alpha value is -1.35. The molecule has 2 aromatic heterocycles. The number of hydrogen-bond donors (Lipinski definition) is 2. The molecule has 0 saturated carbocycles. The molecule has 2 fully saturated rings. The number of nitrogens with zero attached hydrogens (tertiary/aromatic N) is 3. The number of nitrogen functional groups attached to an aromatic ring is 1. The van der Waals surface area contributed by atoms with Gasteiger partial charge in [0, 0.05) is 6.20 Å². The van der Waals surface area contributed by atoms with Gasteiger partial charge in [-0.3, -0.25) is 0 Å². The summed E-state index contributed by atoms with van der Waals surface area (Å²) in [4.78, 5) is 8.34. The Balaban J connectivity index is 1.79. The fourth-order valence-electron chi connectivity index (χ4n) is 5.48. The molecule has 190 valence electrons. The molecule has 0 aliphatic carbocycles. The van der Waals surface area contributed by atoms with Crippen LogP contribution < -0.4 is 5.73 Å². The lowest BCUT2D eigenvalue weighted by molar-refractivity contribution is -0.0568. The third kappa shape index (κ3) is 3.95. The molecule has 4 rings (SSSR count). The van der Waals surface area contributed by atoms with Crippen LogP contribution in [0, 0.1) is 0 Å². The van der Waals surface area contributed by atoms with Crippen LogP contribution in [0.4, 0.5) is 5.82 Å². The third-order valence-corrected chi connectivity index (χ3v) is 17.6. The first-order valence-electron chi connectivity index (χ1n) is 12.8. The highest BCUT2D eigenvalue weighted by molar-refractivity contribution is 6.84. The van der Waals surface area contributed by atoms with E-state index < -0.39 is 41.7 Å². The van der Waals surface area contributed by atoms with Crippen molar-refractivity contribution in [3.63, 3.8) is 0 Å². The monoisotopic (exact) mass is 510 g/mol. The summed E-state index contributed by atoms with van der Waals surface area (Å²) >= 11 is 0. The average Bonchev–Trinajstić information content (AvgIpc) is 3.24. The molecule has 2 aliphatic heterocycles. The lowest BCUT2D eigenvalue weighted by Crippen LogP contribution is -2.65. The number of rotatable bonds is 5. The van der Waals surface area contributed by atoms with Gasteiger partial charge in [-0.15, -0.1) is 0 Å². The van der Waals surface area contributed by atoms with Gasteiger partial charge in [0.1, 0.15) is 36.1 Å². The number of aliphatic hydroxyl groups is 1. The van der Waals surface area contributed by atoms with E-state index in [-0.39, 0.29) is 40.6 Å². The van der Waals surface area contributed by atoms with Crippen LogP contribution in [-0.4, -0.2) is 61.7 Å². The van der Waals surface area contributed by atoms with Crippen LogP contribution in [0.2, 0.25) is 22.2 Å². The minimum absolute atomic E-state index is 0.139. The van der Waals surface area contributed by atoms with Crippen molar-refractivity contribution in [1.29, 1.82) is 0 Å². The smallest absolute Gasteiger partial charge is 0.335 e. The van der Waals surface area contributed by atoms with Gasteiger partial charge in [0.15, 0.2) is 6.23 Å². The first-order valence-corrected chi connectivity index (χ1v) is 16.2. The molecule has 34 heavy (non-hydrogen) atoms. The number of anilines is 1. The Bertz CT molecular complexity index is 1050. The molecule has 0 bridgehead atoms. The number of aliphatic hydroxyl groups excluding tert-OH is 1. The summed E-state index contributed by atoms with van der Waals surface area (Å²) in [6.45, 7) is 17.5. The van der Waals surface area contributed by atoms with Crippen molar-refractivity contribution < 1.29 is 24.2 Å². The van der Waals surface area contributed by atoms with Gasteiger partial charge in [-0.1, -0.05) is 55.4 Å². The maximum atomic E-state index is 11.6. The predicted octanol–water partition coefficient (Wildman–Crippen LogP) is 4.23.